The fraction of sp³-hybridized carbons (Fsp3) is 0.0455. The molecular weight excluding hydrogens is 406 g/mol. The van der Waals surface area contributed by atoms with Crippen LogP contribution in [0.3, 0.4) is 0 Å². The number of benzene rings is 2. The first-order valence-electron chi connectivity index (χ1n) is 8.81. The number of ether oxygens (including phenoxy) is 1. The van der Waals surface area contributed by atoms with Crippen LogP contribution < -0.4 is 10.3 Å². The van der Waals surface area contributed by atoms with Gasteiger partial charge in [0.15, 0.2) is 0 Å². The number of nitrogens with one attached hydrogen (secondary N) is 2. The third-order valence-electron chi connectivity index (χ3n) is 4.33. The van der Waals surface area contributed by atoms with Crippen molar-refractivity contribution in [2.75, 3.05) is 0 Å². The van der Waals surface area contributed by atoms with Crippen LogP contribution in [0.15, 0.2) is 53.5 Å². The number of carbonyl (C=O) groups is 1. The second-order valence-corrected chi connectivity index (χ2v) is 6.87. The van der Waals surface area contributed by atoms with E-state index in [2.05, 4.69) is 26.8 Å². The summed E-state index contributed by atoms with van der Waals surface area (Å²) in [7, 11) is 0. The molecule has 0 fully saturated rings. The number of carboxylic acids is 1. The Kier molecular flexibility index (Phi) is 5.00. The molecule has 0 aliphatic carbocycles. The van der Waals surface area contributed by atoms with Crippen LogP contribution in [0, 0.1) is 18.8 Å². The van der Waals surface area contributed by atoms with Gasteiger partial charge in [-0.05, 0) is 42.8 Å². The van der Waals surface area contributed by atoms with E-state index in [1.807, 2.05) is 0 Å². The Hall–Kier alpha value is -4.02. The van der Waals surface area contributed by atoms with E-state index in [-0.39, 0.29) is 17.1 Å². The van der Waals surface area contributed by atoms with Crippen LogP contribution in [0.2, 0.25) is 5.02 Å². The molecule has 7 nitrogen and oxygen atoms in total. The molecule has 2 aromatic heterocycles. The van der Waals surface area contributed by atoms with Crippen LogP contribution in [0.1, 0.15) is 27.0 Å². The van der Waals surface area contributed by atoms with Gasteiger partial charge >= 0.3 is 5.97 Å². The molecule has 4 rings (SSSR count). The highest BCUT2D eigenvalue weighted by Gasteiger charge is 2.12. The number of hydrogen-bond donors (Lipinski definition) is 3. The van der Waals surface area contributed by atoms with Gasteiger partial charge in [0.05, 0.1) is 21.6 Å². The number of nitrogens with zero attached hydrogens (tertiary/aromatic N) is 1. The van der Waals surface area contributed by atoms with Crippen molar-refractivity contribution in [3.05, 3.63) is 86.3 Å². The van der Waals surface area contributed by atoms with E-state index in [0.717, 1.165) is 0 Å². The molecule has 2 aromatic carbocycles. The molecule has 3 N–H and O–H groups in total. The van der Waals surface area contributed by atoms with Crippen molar-refractivity contribution in [3.8, 4) is 23.6 Å². The predicted octanol–water partition coefficient (Wildman–Crippen LogP) is 4.10. The molecule has 0 spiro atoms. The highest BCUT2D eigenvalue weighted by atomic mass is 35.5. The second-order valence-electron chi connectivity index (χ2n) is 6.47. The third-order valence-corrected chi connectivity index (χ3v) is 4.64. The van der Waals surface area contributed by atoms with Crippen molar-refractivity contribution < 1.29 is 14.6 Å². The molecule has 0 aliphatic heterocycles. The zero-order chi connectivity index (χ0) is 21.3. The Bertz CT molecular complexity index is 1390. The number of carboxylic acid groups (broad SMARTS) is 1. The van der Waals surface area contributed by atoms with E-state index in [1.54, 1.807) is 37.3 Å². The van der Waals surface area contributed by atoms with Crippen LogP contribution in [0.5, 0.6) is 11.8 Å². The lowest BCUT2D eigenvalue weighted by atomic mass is 10.1. The van der Waals surface area contributed by atoms with Crippen molar-refractivity contribution >= 4 is 28.6 Å². The van der Waals surface area contributed by atoms with Gasteiger partial charge in [-0.15, -0.1) is 0 Å². The van der Waals surface area contributed by atoms with Gasteiger partial charge in [0.1, 0.15) is 5.75 Å². The van der Waals surface area contributed by atoms with Crippen LogP contribution in [-0.2, 0) is 0 Å². The van der Waals surface area contributed by atoms with Crippen LogP contribution in [-0.4, -0.2) is 26.0 Å². The Morgan fingerprint density at radius 3 is 2.73 bits per heavy atom. The van der Waals surface area contributed by atoms with E-state index in [4.69, 9.17) is 16.3 Å². The topological polar surface area (TPSA) is 108 Å². The highest BCUT2D eigenvalue weighted by molar-refractivity contribution is 6.32. The van der Waals surface area contributed by atoms with Crippen molar-refractivity contribution in [1.29, 1.82) is 0 Å². The summed E-state index contributed by atoms with van der Waals surface area (Å²) in [4.78, 5) is 32.4. The number of imidazole rings is 1. The van der Waals surface area contributed by atoms with Crippen molar-refractivity contribution in [1.82, 2.24) is 15.0 Å². The fourth-order valence-corrected chi connectivity index (χ4v) is 3.00. The zero-order valence-electron chi connectivity index (χ0n) is 15.6. The molecule has 0 atom stereocenters. The average Bonchev–Trinajstić information content (AvgIpc) is 3.09. The maximum atomic E-state index is 11.3. The summed E-state index contributed by atoms with van der Waals surface area (Å²) in [6.45, 7) is 1.71. The van der Waals surface area contributed by atoms with Crippen molar-refractivity contribution in [3.63, 3.8) is 0 Å². The number of aromatic carboxylic acids is 1. The van der Waals surface area contributed by atoms with E-state index < -0.39 is 5.97 Å². The average molecular weight is 420 g/mol. The van der Waals surface area contributed by atoms with Gasteiger partial charge < -0.3 is 19.8 Å². The maximum Gasteiger partial charge on any atom is 0.336 e. The smallest absolute Gasteiger partial charge is 0.336 e. The molecule has 0 amide bonds. The molecular formula is C22H14ClN3O4. The van der Waals surface area contributed by atoms with Crippen LogP contribution in [0.4, 0.5) is 0 Å². The lowest BCUT2D eigenvalue weighted by Gasteiger charge is -2.05. The predicted molar refractivity (Wildman–Crippen MR) is 112 cm³/mol. The number of aromatic amines is 2. The number of aromatic nitrogens is 3. The lowest BCUT2D eigenvalue weighted by molar-refractivity contribution is 0.0695. The first-order chi connectivity index (χ1) is 14.4. The Morgan fingerprint density at radius 2 is 2.00 bits per heavy atom. The van der Waals surface area contributed by atoms with Gasteiger partial charge in [-0.2, -0.15) is 4.98 Å². The number of hydrogen-bond acceptors (Lipinski definition) is 4. The Morgan fingerprint density at radius 1 is 1.17 bits per heavy atom. The number of pyridine rings is 1. The molecule has 0 saturated heterocycles. The van der Waals surface area contributed by atoms with E-state index in [9.17, 15) is 14.7 Å². The third kappa shape index (κ3) is 4.04. The van der Waals surface area contributed by atoms with Gasteiger partial charge in [0.2, 0.25) is 5.56 Å². The second kappa shape index (κ2) is 7.78. The standard InChI is InChI=1S/C22H14ClN3O4/c1-12-2-6-15(9-16(12)21(28)29)30-22-25-18-8-14(17(23)10-19(18)26-22)5-3-13-4-7-20(27)24-11-13/h2,4,6-11H,1H3,(H,24,27)(H,25,26)(H,28,29). The summed E-state index contributed by atoms with van der Waals surface area (Å²) in [5.41, 5.74) is 3.04. The Balaban J connectivity index is 1.64. The summed E-state index contributed by atoms with van der Waals surface area (Å²) in [6.07, 6.45) is 1.52. The minimum absolute atomic E-state index is 0.159. The minimum Gasteiger partial charge on any atom is -0.478 e. The zero-order valence-corrected chi connectivity index (χ0v) is 16.4. The first kappa shape index (κ1) is 19.3. The summed E-state index contributed by atoms with van der Waals surface area (Å²) in [5, 5.41) is 9.68. The van der Waals surface area contributed by atoms with Gasteiger partial charge in [0.25, 0.3) is 6.01 Å². The molecule has 0 aliphatic rings. The number of halogens is 1. The van der Waals surface area contributed by atoms with Crippen molar-refractivity contribution in [2.24, 2.45) is 0 Å². The van der Waals surface area contributed by atoms with E-state index in [1.165, 1.54) is 18.3 Å². The molecule has 30 heavy (non-hydrogen) atoms. The molecule has 0 bridgehead atoms. The van der Waals surface area contributed by atoms with Crippen LogP contribution >= 0.6 is 11.6 Å². The molecule has 0 radical (unpaired) electrons. The Labute approximate surface area is 175 Å². The number of H-pyrrole nitrogens is 2. The van der Waals surface area contributed by atoms with Gasteiger partial charge in [-0.1, -0.05) is 29.5 Å². The molecule has 4 aromatic rings. The largest absolute Gasteiger partial charge is 0.478 e. The normalized spacial score (nSPS) is 10.5. The fourth-order valence-electron chi connectivity index (χ4n) is 2.79. The van der Waals surface area contributed by atoms with Crippen molar-refractivity contribution in [2.45, 2.75) is 6.92 Å². The summed E-state index contributed by atoms with van der Waals surface area (Å²) < 4.78 is 5.69. The van der Waals surface area contributed by atoms with Crippen LogP contribution in [0.25, 0.3) is 11.0 Å². The van der Waals surface area contributed by atoms with Gasteiger partial charge in [-0.3, -0.25) is 4.79 Å². The van der Waals surface area contributed by atoms with Gasteiger partial charge in [0, 0.05) is 23.4 Å². The lowest BCUT2D eigenvalue weighted by Crippen LogP contribution is -2.01. The number of aryl methyl sites for hydroxylation is 1. The molecule has 0 unspecified atom stereocenters. The molecule has 2 heterocycles. The van der Waals surface area contributed by atoms with E-state index in [0.29, 0.717) is 38.5 Å². The SMILES string of the molecule is Cc1ccc(Oc2nc3cc(C#Cc4ccc(=O)[nH]c4)c(Cl)cc3[nH]2)cc1C(=O)O. The maximum absolute atomic E-state index is 11.3. The quantitative estimate of drug-likeness (QED) is 0.433. The van der Waals surface area contributed by atoms with Gasteiger partial charge in [-0.25, -0.2) is 4.79 Å². The molecule has 0 saturated carbocycles. The first-order valence-corrected chi connectivity index (χ1v) is 9.19. The number of rotatable bonds is 3. The number of fused-ring (bicyclic) bond motifs is 1. The highest BCUT2D eigenvalue weighted by Crippen LogP contribution is 2.27. The van der Waals surface area contributed by atoms with E-state index >= 15 is 0 Å². The summed E-state index contributed by atoms with van der Waals surface area (Å²) >= 11 is 6.32. The molecule has 148 valence electrons. The summed E-state index contributed by atoms with van der Waals surface area (Å²) in [6, 6.07) is 11.4. The summed E-state index contributed by atoms with van der Waals surface area (Å²) in [5.74, 6) is 5.22. The monoisotopic (exact) mass is 419 g/mol. The molecule has 8 heteroatoms. The minimum atomic E-state index is -1.03.